The Kier molecular flexibility index (Phi) is 12.1. The van der Waals surface area contributed by atoms with Crippen molar-refractivity contribution >= 4 is 25.1 Å². The van der Waals surface area contributed by atoms with Gasteiger partial charge in [0.2, 0.25) is 0 Å². The summed E-state index contributed by atoms with van der Waals surface area (Å²) in [6.45, 7) is 2.17. The molecule has 1 aromatic rings. The summed E-state index contributed by atoms with van der Waals surface area (Å²) in [7, 11) is 0. The van der Waals surface area contributed by atoms with Crippen molar-refractivity contribution in [1.82, 2.24) is 0 Å². The third kappa shape index (κ3) is 10.5. The van der Waals surface area contributed by atoms with Crippen LogP contribution in [0.4, 0.5) is 13.2 Å². The second kappa shape index (κ2) is 10.8. The Balaban J connectivity index is 0. The molecule has 1 aromatic carbocycles. The molecule has 0 saturated carbocycles. The van der Waals surface area contributed by atoms with E-state index in [9.17, 15) is 13.2 Å². The van der Waals surface area contributed by atoms with Crippen molar-refractivity contribution in [3.05, 3.63) is 35.9 Å². The van der Waals surface area contributed by atoms with Gasteiger partial charge in [0.1, 0.15) is 0 Å². The van der Waals surface area contributed by atoms with Crippen molar-refractivity contribution in [3.8, 4) is 0 Å². The highest BCUT2D eigenvalue weighted by atomic mass is 35.5. The standard InChI is InChI=1S/C7H5F3.C5H11Cl.H2S/c8-7(9,10)6-4-2-1-3-5-6;1-2-3-4-5-6;/h1-5H;2-5H2,1H3;1H2. The van der Waals surface area contributed by atoms with Gasteiger partial charge in [-0.05, 0) is 6.42 Å². The van der Waals surface area contributed by atoms with Crippen LogP contribution in [0.2, 0.25) is 0 Å². The van der Waals surface area contributed by atoms with E-state index in [4.69, 9.17) is 11.6 Å². The van der Waals surface area contributed by atoms with Crippen LogP contribution in [-0.2, 0) is 6.18 Å². The lowest BCUT2D eigenvalue weighted by atomic mass is 10.2. The summed E-state index contributed by atoms with van der Waals surface area (Å²) in [4.78, 5) is 0. The predicted octanol–water partition coefficient (Wildman–Crippen LogP) is 5.23. The lowest BCUT2D eigenvalue weighted by Gasteiger charge is -2.03. The first-order valence-corrected chi connectivity index (χ1v) is 5.74. The van der Waals surface area contributed by atoms with E-state index in [0.29, 0.717) is 0 Å². The number of unbranched alkanes of at least 4 members (excludes halogenated alkanes) is 2. The number of hydrogen-bond acceptors (Lipinski definition) is 0. The molecule has 0 atom stereocenters. The monoisotopic (exact) mass is 286 g/mol. The average molecular weight is 287 g/mol. The molecule has 0 aromatic heterocycles. The first kappa shape index (κ1) is 19.0. The molecule has 0 bridgehead atoms. The third-order valence-electron chi connectivity index (χ3n) is 1.84. The second-order valence-corrected chi connectivity index (χ2v) is 3.64. The van der Waals surface area contributed by atoms with Gasteiger partial charge in [-0.2, -0.15) is 26.7 Å². The van der Waals surface area contributed by atoms with Gasteiger partial charge in [-0.3, -0.25) is 0 Å². The molecular formula is C12H18ClF3S. The normalized spacial score (nSPS) is 9.94. The van der Waals surface area contributed by atoms with Gasteiger partial charge in [0, 0.05) is 5.88 Å². The minimum atomic E-state index is -4.21. The molecule has 0 nitrogen and oxygen atoms in total. The highest BCUT2D eigenvalue weighted by Crippen LogP contribution is 2.28. The van der Waals surface area contributed by atoms with Gasteiger partial charge in [0.25, 0.3) is 0 Å². The van der Waals surface area contributed by atoms with E-state index < -0.39 is 11.7 Å². The van der Waals surface area contributed by atoms with Crippen molar-refractivity contribution < 1.29 is 13.2 Å². The molecule has 0 heterocycles. The van der Waals surface area contributed by atoms with Crippen LogP contribution in [-0.4, -0.2) is 5.88 Å². The predicted molar refractivity (Wildman–Crippen MR) is 72.1 cm³/mol. The van der Waals surface area contributed by atoms with E-state index in [1.165, 1.54) is 31.4 Å². The molecule has 0 saturated heterocycles. The topological polar surface area (TPSA) is 0 Å². The van der Waals surface area contributed by atoms with Crippen LogP contribution in [0, 0.1) is 0 Å². The zero-order valence-electron chi connectivity index (χ0n) is 9.73. The molecule has 0 aliphatic carbocycles. The zero-order valence-corrected chi connectivity index (χ0v) is 11.5. The van der Waals surface area contributed by atoms with Crippen molar-refractivity contribution in [2.75, 3.05) is 5.88 Å². The first-order chi connectivity index (χ1) is 7.52. The van der Waals surface area contributed by atoms with E-state index in [1.807, 2.05) is 0 Å². The molecular weight excluding hydrogens is 269 g/mol. The van der Waals surface area contributed by atoms with Crippen LogP contribution in [0.5, 0.6) is 0 Å². The average Bonchev–Trinajstić information content (AvgIpc) is 2.27. The summed E-state index contributed by atoms with van der Waals surface area (Å²) < 4.78 is 35.4. The summed E-state index contributed by atoms with van der Waals surface area (Å²) in [6, 6.07) is 6.36. The van der Waals surface area contributed by atoms with E-state index in [-0.39, 0.29) is 13.5 Å². The van der Waals surface area contributed by atoms with Crippen molar-refractivity contribution in [3.63, 3.8) is 0 Å². The van der Waals surface area contributed by atoms with Gasteiger partial charge in [0.05, 0.1) is 5.56 Å². The van der Waals surface area contributed by atoms with Crippen molar-refractivity contribution in [1.29, 1.82) is 0 Å². The lowest BCUT2D eigenvalue weighted by Crippen LogP contribution is -2.03. The van der Waals surface area contributed by atoms with Gasteiger partial charge in [-0.25, -0.2) is 0 Å². The van der Waals surface area contributed by atoms with Gasteiger partial charge in [-0.15, -0.1) is 11.6 Å². The molecule has 1 rings (SSSR count). The molecule has 0 amide bonds. The fourth-order valence-corrected chi connectivity index (χ4v) is 1.16. The maximum Gasteiger partial charge on any atom is 0.416 e. The largest absolute Gasteiger partial charge is 0.416 e. The Morgan fingerprint density at radius 2 is 1.59 bits per heavy atom. The molecule has 0 aliphatic heterocycles. The molecule has 0 spiro atoms. The Labute approximate surface area is 113 Å². The molecule has 100 valence electrons. The van der Waals surface area contributed by atoms with Crippen LogP contribution < -0.4 is 0 Å². The van der Waals surface area contributed by atoms with Crippen molar-refractivity contribution in [2.24, 2.45) is 0 Å². The van der Waals surface area contributed by atoms with Crippen LogP contribution >= 0.6 is 25.1 Å². The maximum absolute atomic E-state index is 11.8. The second-order valence-electron chi connectivity index (χ2n) is 3.26. The summed E-state index contributed by atoms with van der Waals surface area (Å²) in [5, 5.41) is 0. The number of rotatable bonds is 3. The van der Waals surface area contributed by atoms with Crippen LogP contribution in [0.1, 0.15) is 31.7 Å². The van der Waals surface area contributed by atoms with Crippen molar-refractivity contribution in [2.45, 2.75) is 32.4 Å². The zero-order chi connectivity index (χ0) is 12.4. The van der Waals surface area contributed by atoms with Crippen LogP contribution in [0.25, 0.3) is 0 Å². The minimum Gasteiger partial charge on any atom is -0.197 e. The Morgan fingerprint density at radius 3 is 1.82 bits per heavy atom. The fraction of sp³-hybridized carbons (Fsp3) is 0.500. The molecule has 0 unspecified atom stereocenters. The fourth-order valence-electron chi connectivity index (χ4n) is 0.972. The Morgan fingerprint density at radius 1 is 1.06 bits per heavy atom. The summed E-state index contributed by atoms with van der Waals surface area (Å²) in [6.07, 6.45) is -0.477. The summed E-state index contributed by atoms with van der Waals surface area (Å²) >= 11 is 5.38. The maximum atomic E-state index is 11.8. The molecule has 17 heavy (non-hydrogen) atoms. The van der Waals surface area contributed by atoms with E-state index in [1.54, 1.807) is 6.07 Å². The summed E-state index contributed by atoms with van der Waals surface area (Å²) in [5.41, 5.74) is -0.602. The van der Waals surface area contributed by atoms with E-state index in [2.05, 4.69) is 6.92 Å². The minimum absolute atomic E-state index is 0. The van der Waals surface area contributed by atoms with Gasteiger partial charge < -0.3 is 0 Å². The highest BCUT2D eigenvalue weighted by Gasteiger charge is 2.29. The first-order valence-electron chi connectivity index (χ1n) is 5.20. The van der Waals surface area contributed by atoms with Gasteiger partial charge in [0.15, 0.2) is 0 Å². The Hall–Kier alpha value is -0.350. The van der Waals surface area contributed by atoms with Gasteiger partial charge in [-0.1, -0.05) is 50.1 Å². The van der Waals surface area contributed by atoms with E-state index in [0.717, 1.165) is 18.0 Å². The quantitative estimate of drug-likeness (QED) is 0.527. The summed E-state index contributed by atoms with van der Waals surface area (Å²) in [5.74, 6) is 0.827. The molecule has 0 fully saturated rings. The lowest BCUT2D eigenvalue weighted by molar-refractivity contribution is -0.137. The highest BCUT2D eigenvalue weighted by molar-refractivity contribution is 7.59. The van der Waals surface area contributed by atoms with Crippen LogP contribution in [0.3, 0.4) is 0 Å². The SMILES string of the molecule is CCCCCCl.FC(F)(F)c1ccccc1.S. The molecule has 0 aliphatic rings. The number of benzene rings is 1. The van der Waals surface area contributed by atoms with Crippen LogP contribution in [0.15, 0.2) is 30.3 Å². The smallest absolute Gasteiger partial charge is 0.197 e. The molecule has 0 N–H and O–H groups in total. The molecule has 0 radical (unpaired) electrons. The number of halogens is 4. The van der Waals surface area contributed by atoms with E-state index >= 15 is 0 Å². The molecule has 5 heteroatoms. The van der Waals surface area contributed by atoms with Gasteiger partial charge >= 0.3 is 6.18 Å². The Bertz CT molecular complexity index is 258. The number of alkyl halides is 4. The third-order valence-corrected chi connectivity index (χ3v) is 2.11. The number of hydrogen-bond donors (Lipinski definition) is 0.